The van der Waals surface area contributed by atoms with Crippen molar-refractivity contribution < 1.29 is 5.21 Å². The van der Waals surface area contributed by atoms with E-state index < -0.39 is 0 Å². The molecular weight excluding hydrogens is 296 g/mol. The Morgan fingerprint density at radius 1 is 1.35 bits per heavy atom. The fourth-order valence-corrected chi connectivity index (χ4v) is 2.90. The molecule has 0 fully saturated rings. The van der Waals surface area contributed by atoms with Gasteiger partial charge in [-0.2, -0.15) is 5.10 Å². The summed E-state index contributed by atoms with van der Waals surface area (Å²) >= 11 is 7.32. The summed E-state index contributed by atoms with van der Waals surface area (Å²) in [7, 11) is 0. The fourth-order valence-electron chi connectivity index (χ4n) is 1.65. The van der Waals surface area contributed by atoms with E-state index in [1.165, 1.54) is 11.8 Å². The number of amidine groups is 1. The van der Waals surface area contributed by atoms with Gasteiger partial charge in [-0.1, -0.05) is 34.6 Å². The van der Waals surface area contributed by atoms with Gasteiger partial charge in [0.2, 0.25) is 0 Å². The molecule has 1 aromatic heterocycles. The van der Waals surface area contributed by atoms with E-state index in [4.69, 9.17) is 22.5 Å². The first-order valence-corrected chi connectivity index (χ1v) is 6.97. The van der Waals surface area contributed by atoms with Crippen LogP contribution in [0.25, 0.3) is 0 Å². The van der Waals surface area contributed by atoms with Crippen LogP contribution in [0, 0.1) is 13.8 Å². The van der Waals surface area contributed by atoms with Crippen molar-refractivity contribution in [2.24, 2.45) is 10.9 Å². The van der Waals surface area contributed by atoms with Crippen LogP contribution in [-0.2, 0) is 0 Å². The Hall–Kier alpha value is -1.79. The van der Waals surface area contributed by atoms with Crippen LogP contribution >= 0.6 is 23.4 Å². The number of hydrogen-bond donors (Lipinski definition) is 2. The SMILES string of the molecule is Cc1nnc(Sc2cccc(Cl)c2)c(C(N)=NO)c1C. The molecule has 1 heterocycles. The predicted molar refractivity (Wildman–Crippen MR) is 79.6 cm³/mol. The highest BCUT2D eigenvalue weighted by atomic mass is 35.5. The third-order valence-corrected chi connectivity index (χ3v) is 4.00. The van der Waals surface area contributed by atoms with Crippen molar-refractivity contribution in [2.45, 2.75) is 23.8 Å². The molecular formula is C13H13ClN4OS. The number of nitrogens with zero attached hydrogens (tertiary/aromatic N) is 3. The first-order valence-electron chi connectivity index (χ1n) is 5.78. The number of halogens is 1. The Labute approximate surface area is 125 Å². The number of nitrogens with two attached hydrogens (primary N) is 1. The molecule has 0 saturated carbocycles. The second kappa shape index (κ2) is 6.11. The van der Waals surface area contributed by atoms with E-state index in [2.05, 4.69) is 15.4 Å². The van der Waals surface area contributed by atoms with Gasteiger partial charge in [0.05, 0.1) is 11.3 Å². The third kappa shape index (κ3) is 3.02. The molecule has 1 aromatic carbocycles. The molecule has 20 heavy (non-hydrogen) atoms. The first kappa shape index (κ1) is 14.6. The summed E-state index contributed by atoms with van der Waals surface area (Å²) in [6, 6.07) is 7.37. The van der Waals surface area contributed by atoms with E-state index in [1.54, 1.807) is 6.07 Å². The van der Waals surface area contributed by atoms with Gasteiger partial charge in [-0.25, -0.2) is 0 Å². The van der Waals surface area contributed by atoms with Crippen LogP contribution in [0.5, 0.6) is 0 Å². The highest BCUT2D eigenvalue weighted by Crippen LogP contribution is 2.31. The zero-order valence-corrected chi connectivity index (χ0v) is 12.5. The van der Waals surface area contributed by atoms with Gasteiger partial charge in [0, 0.05) is 9.92 Å². The van der Waals surface area contributed by atoms with Crippen LogP contribution < -0.4 is 5.73 Å². The minimum Gasteiger partial charge on any atom is -0.409 e. The summed E-state index contributed by atoms with van der Waals surface area (Å²) in [6.45, 7) is 3.68. The third-order valence-electron chi connectivity index (χ3n) is 2.80. The lowest BCUT2D eigenvalue weighted by Gasteiger charge is -2.11. The molecule has 104 valence electrons. The second-order valence-corrected chi connectivity index (χ2v) is 5.63. The summed E-state index contributed by atoms with van der Waals surface area (Å²) in [5.74, 6) is 0.0185. The van der Waals surface area contributed by atoms with Crippen LogP contribution in [0.4, 0.5) is 0 Å². The molecule has 2 aromatic rings. The fraction of sp³-hybridized carbons (Fsp3) is 0.154. The Balaban J connectivity index is 2.49. The molecule has 0 aliphatic heterocycles. The lowest BCUT2D eigenvalue weighted by Crippen LogP contribution is -2.18. The molecule has 2 rings (SSSR count). The number of oxime groups is 1. The number of aryl methyl sites for hydroxylation is 1. The molecule has 0 radical (unpaired) electrons. The maximum absolute atomic E-state index is 8.92. The minimum absolute atomic E-state index is 0.0185. The van der Waals surface area contributed by atoms with Gasteiger partial charge in [0.25, 0.3) is 0 Å². The van der Waals surface area contributed by atoms with Gasteiger partial charge in [-0.05, 0) is 37.6 Å². The van der Waals surface area contributed by atoms with Crippen LogP contribution in [0.15, 0.2) is 39.3 Å². The van der Waals surface area contributed by atoms with Gasteiger partial charge >= 0.3 is 0 Å². The molecule has 0 aliphatic carbocycles. The smallest absolute Gasteiger partial charge is 0.173 e. The average molecular weight is 309 g/mol. The van der Waals surface area contributed by atoms with E-state index in [1.807, 2.05) is 32.0 Å². The van der Waals surface area contributed by atoms with Crippen molar-refractivity contribution in [2.75, 3.05) is 0 Å². The summed E-state index contributed by atoms with van der Waals surface area (Å²) in [5.41, 5.74) is 7.90. The Kier molecular flexibility index (Phi) is 4.46. The van der Waals surface area contributed by atoms with Crippen molar-refractivity contribution in [3.05, 3.63) is 46.1 Å². The Bertz CT molecular complexity index is 675. The molecule has 3 N–H and O–H groups in total. The number of hydrogen-bond acceptors (Lipinski definition) is 5. The topological polar surface area (TPSA) is 84.4 Å². The van der Waals surface area contributed by atoms with E-state index in [0.717, 1.165) is 16.2 Å². The van der Waals surface area contributed by atoms with Crippen LogP contribution in [0.3, 0.4) is 0 Å². The highest BCUT2D eigenvalue weighted by molar-refractivity contribution is 7.99. The molecule has 7 heteroatoms. The van der Waals surface area contributed by atoms with Crippen LogP contribution in [-0.4, -0.2) is 21.2 Å². The van der Waals surface area contributed by atoms with Gasteiger partial charge in [0.15, 0.2) is 5.84 Å². The maximum atomic E-state index is 8.92. The molecule has 0 saturated heterocycles. The summed E-state index contributed by atoms with van der Waals surface area (Å²) in [6.07, 6.45) is 0. The number of rotatable bonds is 3. The predicted octanol–water partition coefficient (Wildman–Crippen LogP) is 2.99. The lowest BCUT2D eigenvalue weighted by atomic mass is 10.1. The van der Waals surface area contributed by atoms with E-state index in [-0.39, 0.29) is 5.84 Å². The van der Waals surface area contributed by atoms with Gasteiger partial charge in [-0.15, -0.1) is 5.10 Å². The number of aromatic nitrogens is 2. The summed E-state index contributed by atoms with van der Waals surface area (Å²) in [5, 5.41) is 21.4. The van der Waals surface area contributed by atoms with Crippen LogP contribution in [0.2, 0.25) is 5.02 Å². The summed E-state index contributed by atoms with van der Waals surface area (Å²) < 4.78 is 0. The Morgan fingerprint density at radius 3 is 2.75 bits per heavy atom. The lowest BCUT2D eigenvalue weighted by molar-refractivity contribution is 0.318. The molecule has 0 aliphatic rings. The normalized spacial score (nSPS) is 11.7. The van der Waals surface area contributed by atoms with Crippen molar-refractivity contribution in [3.8, 4) is 0 Å². The van der Waals surface area contributed by atoms with Crippen molar-refractivity contribution >= 4 is 29.2 Å². The standard InChI is InChI=1S/C13H13ClN4OS/c1-7-8(2)16-17-13(11(7)12(15)18-19)20-10-5-3-4-9(14)6-10/h3-6,19H,1-2H3,(H2,15,18). The monoisotopic (exact) mass is 308 g/mol. The quantitative estimate of drug-likeness (QED) is 0.394. The minimum atomic E-state index is 0.0185. The first-order chi connectivity index (χ1) is 9.52. The molecule has 0 bridgehead atoms. The van der Waals surface area contributed by atoms with Gasteiger partial charge in [0.1, 0.15) is 5.03 Å². The van der Waals surface area contributed by atoms with Crippen LogP contribution in [0.1, 0.15) is 16.8 Å². The van der Waals surface area contributed by atoms with Crippen molar-refractivity contribution in [1.82, 2.24) is 10.2 Å². The molecule has 0 atom stereocenters. The molecule has 0 amide bonds. The highest BCUT2D eigenvalue weighted by Gasteiger charge is 2.16. The van der Waals surface area contributed by atoms with Gasteiger partial charge in [-0.3, -0.25) is 0 Å². The molecule has 0 unspecified atom stereocenters. The molecule has 0 spiro atoms. The molecule has 5 nitrogen and oxygen atoms in total. The van der Waals surface area contributed by atoms with E-state index >= 15 is 0 Å². The second-order valence-electron chi connectivity index (χ2n) is 4.14. The largest absolute Gasteiger partial charge is 0.409 e. The Morgan fingerprint density at radius 2 is 2.10 bits per heavy atom. The van der Waals surface area contributed by atoms with Gasteiger partial charge < -0.3 is 10.9 Å². The van der Waals surface area contributed by atoms with E-state index in [0.29, 0.717) is 15.6 Å². The zero-order chi connectivity index (χ0) is 14.7. The summed E-state index contributed by atoms with van der Waals surface area (Å²) in [4.78, 5) is 0.905. The van der Waals surface area contributed by atoms with Crippen molar-refractivity contribution in [3.63, 3.8) is 0 Å². The van der Waals surface area contributed by atoms with E-state index in [9.17, 15) is 0 Å². The number of benzene rings is 1. The average Bonchev–Trinajstić information content (AvgIpc) is 2.42. The zero-order valence-electron chi connectivity index (χ0n) is 11.0. The maximum Gasteiger partial charge on any atom is 0.173 e. The van der Waals surface area contributed by atoms with Crippen molar-refractivity contribution in [1.29, 1.82) is 0 Å².